The summed E-state index contributed by atoms with van der Waals surface area (Å²) in [6.45, 7) is 0. The van der Waals surface area contributed by atoms with Gasteiger partial charge < -0.3 is 24.7 Å². The highest BCUT2D eigenvalue weighted by atomic mass is 16.6. The molecule has 0 fully saturated rings. The van der Waals surface area contributed by atoms with Crippen molar-refractivity contribution in [3.8, 4) is 17.2 Å². The zero-order valence-electron chi connectivity index (χ0n) is 18.0. The van der Waals surface area contributed by atoms with Crippen molar-refractivity contribution in [1.29, 1.82) is 0 Å². The Labute approximate surface area is 188 Å². The van der Waals surface area contributed by atoms with Crippen molar-refractivity contribution in [3.05, 3.63) is 70.5 Å². The van der Waals surface area contributed by atoms with E-state index in [0.29, 0.717) is 34.4 Å². The van der Waals surface area contributed by atoms with Crippen molar-refractivity contribution in [2.45, 2.75) is 0 Å². The number of benzene rings is 2. The van der Waals surface area contributed by atoms with Gasteiger partial charge in [-0.05, 0) is 24.3 Å². The second-order valence-corrected chi connectivity index (χ2v) is 6.97. The SMILES string of the molecule is CNC(=O)c1cc(Oc2ccc3c(c2)nc(Nc2ccc([N+](=O)[O-])cc2OC)n3C)ccn1. The molecule has 2 aromatic carbocycles. The van der Waals surface area contributed by atoms with Crippen molar-refractivity contribution in [2.24, 2.45) is 7.05 Å². The van der Waals surface area contributed by atoms with Crippen LogP contribution in [-0.2, 0) is 7.05 Å². The molecule has 2 aromatic heterocycles. The number of carbonyl (C=O) groups excluding carboxylic acids is 1. The summed E-state index contributed by atoms with van der Waals surface area (Å²) >= 11 is 0. The van der Waals surface area contributed by atoms with Crippen molar-refractivity contribution < 1.29 is 19.2 Å². The number of amides is 1. The van der Waals surface area contributed by atoms with E-state index in [2.05, 4.69) is 20.6 Å². The van der Waals surface area contributed by atoms with Crippen molar-refractivity contribution in [1.82, 2.24) is 19.9 Å². The fraction of sp³-hybridized carbons (Fsp3) is 0.136. The molecule has 0 radical (unpaired) electrons. The fourth-order valence-electron chi connectivity index (χ4n) is 3.24. The highest BCUT2D eigenvalue weighted by molar-refractivity contribution is 5.92. The molecule has 0 spiro atoms. The van der Waals surface area contributed by atoms with E-state index in [1.165, 1.54) is 32.5 Å². The molecule has 0 atom stereocenters. The van der Waals surface area contributed by atoms with Crippen LogP contribution in [0.2, 0.25) is 0 Å². The molecule has 4 aromatic rings. The van der Waals surface area contributed by atoms with E-state index in [-0.39, 0.29) is 17.3 Å². The molecule has 1 amide bonds. The Hall–Kier alpha value is -4.67. The maximum absolute atomic E-state index is 11.8. The lowest BCUT2D eigenvalue weighted by atomic mass is 10.2. The Bertz CT molecular complexity index is 1370. The lowest BCUT2D eigenvalue weighted by molar-refractivity contribution is -0.384. The summed E-state index contributed by atoms with van der Waals surface area (Å²) in [5.41, 5.74) is 2.22. The van der Waals surface area contributed by atoms with Crippen LogP contribution in [0.3, 0.4) is 0 Å². The van der Waals surface area contributed by atoms with E-state index in [9.17, 15) is 14.9 Å². The van der Waals surface area contributed by atoms with Gasteiger partial charge in [-0.1, -0.05) is 0 Å². The summed E-state index contributed by atoms with van der Waals surface area (Å²) in [5.74, 6) is 1.53. The van der Waals surface area contributed by atoms with Gasteiger partial charge in [0.05, 0.1) is 34.8 Å². The highest BCUT2D eigenvalue weighted by Crippen LogP contribution is 2.33. The second kappa shape index (κ2) is 8.83. The van der Waals surface area contributed by atoms with E-state index in [0.717, 1.165) is 5.52 Å². The number of methoxy groups -OCH3 is 1. The summed E-state index contributed by atoms with van der Waals surface area (Å²) in [7, 11) is 4.82. The van der Waals surface area contributed by atoms with E-state index >= 15 is 0 Å². The number of non-ortho nitro benzene ring substituents is 1. The third kappa shape index (κ3) is 4.37. The van der Waals surface area contributed by atoms with Crippen molar-refractivity contribution >= 4 is 34.3 Å². The first kappa shape index (κ1) is 21.6. The van der Waals surface area contributed by atoms with Crippen LogP contribution in [0.5, 0.6) is 17.2 Å². The molecule has 2 N–H and O–H groups in total. The number of aryl methyl sites for hydroxylation is 1. The Morgan fingerprint density at radius 1 is 1.12 bits per heavy atom. The maximum atomic E-state index is 11.8. The number of carbonyl (C=O) groups is 1. The third-order valence-electron chi connectivity index (χ3n) is 4.92. The number of hydrogen-bond acceptors (Lipinski definition) is 8. The first-order valence-corrected chi connectivity index (χ1v) is 9.81. The van der Waals surface area contributed by atoms with Gasteiger partial charge in [-0.25, -0.2) is 4.98 Å². The zero-order chi connectivity index (χ0) is 23.5. The van der Waals surface area contributed by atoms with Gasteiger partial charge in [0.1, 0.15) is 22.9 Å². The molecule has 33 heavy (non-hydrogen) atoms. The van der Waals surface area contributed by atoms with Gasteiger partial charge in [0.25, 0.3) is 11.6 Å². The van der Waals surface area contributed by atoms with Gasteiger partial charge in [0.2, 0.25) is 5.95 Å². The second-order valence-electron chi connectivity index (χ2n) is 6.97. The molecule has 0 aliphatic carbocycles. The quantitative estimate of drug-likeness (QED) is 0.322. The van der Waals surface area contributed by atoms with Crippen LogP contribution in [0.1, 0.15) is 10.5 Å². The van der Waals surface area contributed by atoms with Gasteiger partial charge in [0.15, 0.2) is 0 Å². The standard InChI is InChI=1S/C22H20N6O5/c1-23-21(29)18-12-15(8-9-24-18)33-14-5-7-19-17(11-14)26-22(27(19)2)25-16-6-4-13(28(30)31)10-20(16)32-3/h4-12H,1-3H3,(H,23,29)(H,25,26). The third-order valence-corrected chi connectivity index (χ3v) is 4.92. The summed E-state index contributed by atoms with van der Waals surface area (Å²) in [6, 6.07) is 12.9. The summed E-state index contributed by atoms with van der Waals surface area (Å²) in [6.07, 6.45) is 1.50. The minimum Gasteiger partial charge on any atom is -0.494 e. The maximum Gasteiger partial charge on any atom is 0.273 e. The van der Waals surface area contributed by atoms with E-state index in [4.69, 9.17) is 9.47 Å². The van der Waals surface area contributed by atoms with Crippen LogP contribution in [-0.4, -0.2) is 39.5 Å². The molecular weight excluding hydrogens is 428 g/mol. The highest BCUT2D eigenvalue weighted by Gasteiger charge is 2.15. The number of anilines is 2. The van der Waals surface area contributed by atoms with Gasteiger partial charge in [0, 0.05) is 38.5 Å². The minimum atomic E-state index is -0.483. The number of pyridine rings is 1. The zero-order valence-corrected chi connectivity index (χ0v) is 18.0. The molecule has 2 heterocycles. The van der Waals surface area contributed by atoms with Crippen LogP contribution in [0, 0.1) is 10.1 Å². The topological polar surface area (TPSA) is 133 Å². The average molecular weight is 448 g/mol. The number of imidazole rings is 1. The van der Waals surface area contributed by atoms with Crippen molar-refractivity contribution in [2.75, 3.05) is 19.5 Å². The number of rotatable bonds is 7. The predicted molar refractivity (Wildman–Crippen MR) is 121 cm³/mol. The molecule has 0 aliphatic rings. The number of aromatic nitrogens is 3. The Kier molecular flexibility index (Phi) is 5.77. The Morgan fingerprint density at radius 3 is 2.64 bits per heavy atom. The van der Waals surface area contributed by atoms with Crippen LogP contribution in [0.15, 0.2) is 54.7 Å². The molecule has 0 unspecified atom stereocenters. The lowest BCUT2D eigenvalue weighted by Crippen LogP contribution is -2.18. The Morgan fingerprint density at radius 2 is 1.91 bits per heavy atom. The summed E-state index contributed by atoms with van der Waals surface area (Å²) in [5, 5.41) is 16.7. The van der Waals surface area contributed by atoms with Crippen LogP contribution >= 0.6 is 0 Å². The Balaban J connectivity index is 1.61. The predicted octanol–water partition coefficient (Wildman–Crippen LogP) is 3.78. The summed E-state index contributed by atoms with van der Waals surface area (Å²) in [4.78, 5) is 31.0. The van der Waals surface area contributed by atoms with E-state index in [1.807, 2.05) is 17.7 Å². The molecule has 11 nitrogen and oxygen atoms in total. The molecule has 0 bridgehead atoms. The lowest BCUT2D eigenvalue weighted by Gasteiger charge is -2.10. The average Bonchev–Trinajstić information content (AvgIpc) is 3.13. The number of ether oxygens (including phenoxy) is 2. The fourth-order valence-corrected chi connectivity index (χ4v) is 3.24. The van der Waals surface area contributed by atoms with Gasteiger partial charge in [-0.2, -0.15) is 0 Å². The first-order chi connectivity index (χ1) is 15.9. The molecule has 0 saturated carbocycles. The minimum absolute atomic E-state index is 0.0696. The van der Waals surface area contributed by atoms with Crippen LogP contribution in [0.25, 0.3) is 11.0 Å². The van der Waals surface area contributed by atoms with Crippen LogP contribution < -0.4 is 20.1 Å². The van der Waals surface area contributed by atoms with Crippen molar-refractivity contribution in [3.63, 3.8) is 0 Å². The molecule has 0 aliphatic heterocycles. The molecule has 0 saturated heterocycles. The number of nitrogens with one attached hydrogen (secondary N) is 2. The molecule has 168 valence electrons. The smallest absolute Gasteiger partial charge is 0.273 e. The van der Waals surface area contributed by atoms with Crippen LogP contribution in [0.4, 0.5) is 17.3 Å². The van der Waals surface area contributed by atoms with Gasteiger partial charge in [-0.3, -0.25) is 19.9 Å². The first-order valence-electron chi connectivity index (χ1n) is 9.81. The monoisotopic (exact) mass is 448 g/mol. The normalized spacial score (nSPS) is 10.6. The van der Waals surface area contributed by atoms with E-state index < -0.39 is 4.92 Å². The molecule has 11 heteroatoms. The van der Waals surface area contributed by atoms with Gasteiger partial charge in [-0.15, -0.1) is 0 Å². The van der Waals surface area contributed by atoms with Gasteiger partial charge >= 0.3 is 0 Å². The van der Waals surface area contributed by atoms with E-state index in [1.54, 1.807) is 30.3 Å². The number of nitro benzene ring substituents is 1. The largest absolute Gasteiger partial charge is 0.494 e. The number of fused-ring (bicyclic) bond motifs is 1. The molecule has 4 rings (SSSR count). The molecular formula is C22H20N6O5. The summed E-state index contributed by atoms with van der Waals surface area (Å²) < 4.78 is 13.0. The number of nitrogens with zero attached hydrogens (tertiary/aromatic N) is 4. The number of hydrogen-bond donors (Lipinski definition) is 2. The number of nitro groups is 1.